The van der Waals surface area contributed by atoms with Gasteiger partial charge in [0.15, 0.2) is 0 Å². The number of piperidine rings is 1. The molecule has 4 rings (SSSR count). The summed E-state index contributed by atoms with van der Waals surface area (Å²) in [5.41, 5.74) is 3.37. The summed E-state index contributed by atoms with van der Waals surface area (Å²) in [6, 6.07) is 6.20. The Bertz CT molecular complexity index is 716. The van der Waals surface area contributed by atoms with Crippen molar-refractivity contribution >= 4 is 16.9 Å². The lowest BCUT2D eigenvalue weighted by Crippen LogP contribution is -2.46. The second-order valence-electron chi connectivity index (χ2n) is 6.73. The number of aromatic amines is 1. The van der Waals surface area contributed by atoms with Crippen LogP contribution in [0.15, 0.2) is 18.2 Å². The molecule has 22 heavy (non-hydrogen) atoms. The van der Waals surface area contributed by atoms with E-state index in [0.717, 1.165) is 55.0 Å². The molecule has 0 radical (unpaired) electrons. The quantitative estimate of drug-likeness (QED) is 0.926. The highest BCUT2D eigenvalue weighted by molar-refractivity contribution is 5.78. The van der Waals surface area contributed by atoms with Crippen molar-refractivity contribution in [3.05, 3.63) is 29.6 Å². The normalized spacial score (nSPS) is 25.5. The van der Waals surface area contributed by atoms with Gasteiger partial charge in [-0.25, -0.2) is 4.98 Å². The number of aromatic nitrogens is 2. The SMILES string of the molecule is Cc1nc2ccc(CN3CC4(CCOC4)CCC3=O)cc2[nH]1. The van der Waals surface area contributed by atoms with Gasteiger partial charge in [0.2, 0.25) is 5.91 Å². The Hall–Kier alpha value is -1.88. The minimum absolute atomic E-state index is 0.197. The van der Waals surface area contributed by atoms with E-state index in [4.69, 9.17) is 4.74 Å². The van der Waals surface area contributed by atoms with Gasteiger partial charge in [0, 0.05) is 31.5 Å². The van der Waals surface area contributed by atoms with Crippen LogP contribution in [0.3, 0.4) is 0 Å². The van der Waals surface area contributed by atoms with Crippen molar-refractivity contribution in [3.8, 4) is 0 Å². The molecule has 1 unspecified atom stereocenters. The van der Waals surface area contributed by atoms with Gasteiger partial charge in [-0.3, -0.25) is 4.79 Å². The molecule has 2 saturated heterocycles. The van der Waals surface area contributed by atoms with Crippen LogP contribution < -0.4 is 0 Å². The minimum atomic E-state index is 0.197. The van der Waals surface area contributed by atoms with E-state index in [1.165, 1.54) is 0 Å². The largest absolute Gasteiger partial charge is 0.381 e. The Morgan fingerprint density at radius 2 is 2.32 bits per heavy atom. The lowest BCUT2D eigenvalue weighted by Gasteiger charge is -2.39. The monoisotopic (exact) mass is 299 g/mol. The van der Waals surface area contributed by atoms with E-state index in [0.29, 0.717) is 13.0 Å². The van der Waals surface area contributed by atoms with Crippen molar-refractivity contribution in [2.45, 2.75) is 32.7 Å². The highest BCUT2D eigenvalue weighted by atomic mass is 16.5. The molecule has 1 aromatic heterocycles. The predicted octanol–water partition coefficient (Wildman–Crippen LogP) is 2.40. The van der Waals surface area contributed by atoms with Gasteiger partial charge in [0.1, 0.15) is 5.82 Å². The van der Waals surface area contributed by atoms with Crippen LogP contribution in [0.1, 0.15) is 30.7 Å². The fourth-order valence-corrected chi connectivity index (χ4v) is 3.72. The predicted molar refractivity (Wildman–Crippen MR) is 83.4 cm³/mol. The third-order valence-electron chi connectivity index (χ3n) is 4.97. The maximum absolute atomic E-state index is 12.3. The number of ether oxygens (including phenoxy) is 1. The fourth-order valence-electron chi connectivity index (χ4n) is 3.72. The molecule has 5 nitrogen and oxygen atoms in total. The maximum Gasteiger partial charge on any atom is 0.222 e. The number of aryl methyl sites for hydroxylation is 1. The molecule has 1 amide bonds. The van der Waals surface area contributed by atoms with Crippen LogP contribution in [0, 0.1) is 12.3 Å². The van der Waals surface area contributed by atoms with Crippen LogP contribution in [0.5, 0.6) is 0 Å². The summed E-state index contributed by atoms with van der Waals surface area (Å²) >= 11 is 0. The maximum atomic E-state index is 12.3. The Balaban J connectivity index is 1.55. The zero-order valence-electron chi connectivity index (χ0n) is 12.9. The third kappa shape index (κ3) is 2.39. The van der Waals surface area contributed by atoms with Crippen molar-refractivity contribution in [1.29, 1.82) is 0 Å². The number of hydrogen-bond donors (Lipinski definition) is 1. The summed E-state index contributed by atoms with van der Waals surface area (Å²) in [5.74, 6) is 1.18. The van der Waals surface area contributed by atoms with Gasteiger partial charge >= 0.3 is 0 Å². The van der Waals surface area contributed by atoms with Gasteiger partial charge in [-0.15, -0.1) is 0 Å². The second-order valence-corrected chi connectivity index (χ2v) is 6.73. The van der Waals surface area contributed by atoms with Gasteiger partial charge in [-0.2, -0.15) is 0 Å². The topological polar surface area (TPSA) is 58.2 Å². The fraction of sp³-hybridized carbons (Fsp3) is 0.529. The summed E-state index contributed by atoms with van der Waals surface area (Å²) in [5, 5.41) is 0. The molecule has 0 aliphatic carbocycles. The summed E-state index contributed by atoms with van der Waals surface area (Å²) in [6.07, 6.45) is 2.70. The van der Waals surface area contributed by atoms with Gasteiger partial charge in [-0.1, -0.05) is 6.07 Å². The zero-order chi connectivity index (χ0) is 15.2. The van der Waals surface area contributed by atoms with Crippen molar-refractivity contribution in [2.24, 2.45) is 5.41 Å². The highest BCUT2D eigenvalue weighted by Crippen LogP contribution is 2.38. The van der Waals surface area contributed by atoms with Gasteiger partial charge in [0.05, 0.1) is 17.6 Å². The smallest absolute Gasteiger partial charge is 0.222 e. The van der Waals surface area contributed by atoms with E-state index in [2.05, 4.69) is 22.1 Å². The molecule has 1 atom stereocenters. The summed E-state index contributed by atoms with van der Waals surface area (Å²) in [4.78, 5) is 22.0. The first-order chi connectivity index (χ1) is 10.6. The average Bonchev–Trinajstić information content (AvgIpc) is 3.09. The number of nitrogens with one attached hydrogen (secondary N) is 1. The van der Waals surface area contributed by atoms with Crippen LogP contribution >= 0.6 is 0 Å². The number of benzene rings is 1. The molecule has 2 aromatic rings. The van der Waals surface area contributed by atoms with E-state index < -0.39 is 0 Å². The first kappa shape index (κ1) is 13.8. The standard InChI is InChI=1S/C17H21N3O2/c1-12-18-14-3-2-13(8-15(14)19-12)9-20-10-17(5-4-16(20)21)6-7-22-11-17/h2-3,8H,4-7,9-11H2,1H3,(H,18,19). The molecule has 1 aromatic carbocycles. The zero-order valence-corrected chi connectivity index (χ0v) is 12.9. The molecular formula is C17H21N3O2. The Morgan fingerprint density at radius 3 is 3.14 bits per heavy atom. The second kappa shape index (κ2) is 5.09. The molecule has 5 heteroatoms. The van der Waals surface area contributed by atoms with Crippen LogP contribution in [0.2, 0.25) is 0 Å². The first-order valence-electron chi connectivity index (χ1n) is 7.94. The lowest BCUT2D eigenvalue weighted by molar-refractivity contribution is -0.138. The molecule has 1 spiro atoms. The van der Waals surface area contributed by atoms with Crippen molar-refractivity contribution < 1.29 is 9.53 Å². The van der Waals surface area contributed by atoms with Gasteiger partial charge < -0.3 is 14.6 Å². The number of hydrogen-bond acceptors (Lipinski definition) is 3. The molecule has 2 aliphatic heterocycles. The van der Waals surface area contributed by atoms with Gasteiger partial charge in [-0.05, 0) is 37.5 Å². The van der Waals surface area contributed by atoms with Crippen LogP contribution in [0.4, 0.5) is 0 Å². The molecule has 3 heterocycles. The molecule has 1 N–H and O–H groups in total. The number of H-pyrrole nitrogens is 1. The van der Waals surface area contributed by atoms with E-state index in [1.54, 1.807) is 0 Å². The summed E-state index contributed by atoms with van der Waals surface area (Å²) < 4.78 is 5.58. The van der Waals surface area contributed by atoms with Crippen molar-refractivity contribution in [2.75, 3.05) is 19.8 Å². The van der Waals surface area contributed by atoms with Gasteiger partial charge in [0.25, 0.3) is 0 Å². The average molecular weight is 299 g/mol. The van der Waals surface area contributed by atoms with Crippen LogP contribution in [-0.2, 0) is 16.1 Å². The third-order valence-corrected chi connectivity index (χ3v) is 4.97. The molecule has 2 aliphatic rings. The van der Waals surface area contributed by atoms with E-state index in [-0.39, 0.29) is 11.3 Å². The first-order valence-corrected chi connectivity index (χ1v) is 7.94. The van der Waals surface area contributed by atoms with E-state index in [1.807, 2.05) is 17.9 Å². The summed E-state index contributed by atoms with van der Waals surface area (Å²) in [6.45, 7) is 5.09. The number of nitrogens with zero attached hydrogens (tertiary/aromatic N) is 2. The van der Waals surface area contributed by atoms with Crippen LogP contribution in [0.25, 0.3) is 11.0 Å². The lowest BCUT2D eigenvalue weighted by atomic mass is 9.79. The van der Waals surface area contributed by atoms with Crippen molar-refractivity contribution in [1.82, 2.24) is 14.9 Å². The van der Waals surface area contributed by atoms with E-state index >= 15 is 0 Å². The number of fused-ring (bicyclic) bond motifs is 1. The van der Waals surface area contributed by atoms with Crippen molar-refractivity contribution in [3.63, 3.8) is 0 Å². The Morgan fingerprint density at radius 1 is 1.41 bits per heavy atom. The number of amides is 1. The number of carbonyl (C=O) groups excluding carboxylic acids is 1. The number of rotatable bonds is 2. The number of carbonyl (C=O) groups is 1. The molecule has 2 fully saturated rings. The molecule has 0 bridgehead atoms. The van der Waals surface area contributed by atoms with Crippen LogP contribution in [-0.4, -0.2) is 40.5 Å². The molecule has 0 saturated carbocycles. The Labute approximate surface area is 129 Å². The minimum Gasteiger partial charge on any atom is -0.381 e. The highest BCUT2D eigenvalue weighted by Gasteiger charge is 2.41. The molecular weight excluding hydrogens is 278 g/mol. The Kier molecular flexibility index (Phi) is 3.18. The van der Waals surface area contributed by atoms with E-state index in [9.17, 15) is 4.79 Å². The number of likely N-dealkylation sites (tertiary alicyclic amines) is 1. The summed E-state index contributed by atoms with van der Waals surface area (Å²) in [7, 11) is 0. The molecule has 116 valence electrons. The number of imidazole rings is 1.